The van der Waals surface area contributed by atoms with E-state index in [1.54, 1.807) is 42.5 Å². The molecule has 1 aliphatic heterocycles. The number of aryl methyl sites for hydroxylation is 2. The van der Waals surface area contributed by atoms with Crippen molar-refractivity contribution in [3.8, 4) is 22.9 Å². The summed E-state index contributed by atoms with van der Waals surface area (Å²) < 4.78 is 78.4. The molecule has 0 aliphatic carbocycles. The molecular formula is C30H31F3N6O3S. The standard InChI is InChI=1S/C30H31F3N6O3S/c1-18-6-8-20(9-7-18)16-43(40,41)39-27-19(2)13-24(25(31)26(27)32)42-28-22(5-4-11-35-28)23-10-12-36-29(38-23)37-21-14-30(3,33)17-34-15-21/h4-13,21,34,39H,14-17H2,1-3H3,(H,36,37,38)/t21-,30-/m0/s1. The molecule has 0 bridgehead atoms. The van der Waals surface area contributed by atoms with Gasteiger partial charge in [-0.1, -0.05) is 29.8 Å². The van der Waals surface area contributed by atoms with Crippen molar-refractivity contribution in [2.45, 2.75) is 44.7 Å². The second kappa shape index (κ2) is 12.2. The van der Waals surface area contributed by atoms with Crippen LogP contribution in [0.25, 0.3) is 11.3 Å². The summed E-state index contributed by atoms with van der Waals surface area (Å²) in [4.78, 5) is 12.9. The minimum Gasteiger partial charge on any atom is -0.435 e. The van der Waals surface area contributed by atoms with Gasteiger partial charge in [0.15, 0.2) is 11.6 Å². The summed E-state index contributed by atoms with van der Waals surface area (Å²) in [5, 5.41) is 6.17. The number of hydrogen-bond donors (Lipinski definition) is 3. The molecule has 3 heterocycles. The zero-order chi connectivity index (χ0) is 30.8. The first-order valence-electron chi connectivity index (χ1n) is 13.6. The highest BCUT2D eigenvalue weighted by molar-refractivity contribution is 7.91. The number of ether oxygens (including phenoxy) is 1. The fraction of sp³-hybridized carbons (Fsp3) is 0.300. The Morgan fingerprint density at radius 1 is 1.07 bits per heavy atom. The third-order valence-corrected chi connectivity index (χ3v) is 8.13. The Balaban J connectivity index is 1.37. The van der Waals surface area contributed by atoms with Gasteiger partial charge in [0.2, 0.25) is 27.7 Å². The van der Waals surface area contributed by atoms with Gasteiger partial charge >= 0.3 is 0 Å². The molecule has 1 aliphatic rings. The van der Waals surface area contributed by atoms with Crippen LogP contribution in [0, 0.1) is 25.5 Å². The molecule has 1 fully saturated rings. The van der Waals surface area contributed by atoms with E-state index in [0.29, 0.717) is 23.4 Å². The van der Waals surface area contributed by atoms with Crippen molar-refractivity contribution in [2.75, 3.05) is 23.1 Å². The number of pyridine rings is 1. The Bertz CT molecular complexity index is 1740. The van der Waals surface area contributed by atoms with E-state index in [4.69, 9.17) is 4.74 Å². The number of nitrogens with one attached hydrogen (secondary N) is 3. The van der Waals surface area contributed by atoms with E-state index in [1.807, 2.05) is 6.92 Å². The molecule has 0 spiro atoms. The van der Waals surface area contributed by atoms with Crippen LogP contribution in [0.3, 0.4) is 0 Å². The predicted octanol–water partition coefficient (Wildman–Crippen LogP) is 5.67. The number of rotatable bonds is 9. The van der Waals surface area contributed by atoms with Gasteiger partial charge in [0, 0.05) is 37.9 Å². The van der Waals surface area contributed by atoms with Gasteiger partial charge in [0.1, 0.15) is 5.67 Å². The van der Waals surface area contributed by atoms with Crippen LogP contribution in [-0.2, 0) is 15.8 Å². The molecule has 2 aromatic heterocycles. The lowest BCUT2D eigenvalue weighted by atomic mass is 9.95. The average Bonchev–Trinajstić information content (AvgIpc) is 2.95. The highest BCUT2D eigenvalue weighted by Crippen LogP contribution is 2.36. The maximum absolute atomic E-state index is 15.3. The first-order chi connectivity index (χ1) is 20.4. The molecule has 9 nitrogen and oxygen atoms in total. The molecule has 3 N–H and O–H groups in total. The van der Waals surface area contributed by atoms with Crippen molar-refractivity contribution in [3.63, 3.8) is 0 Å². The Kier molecular flexibility index (Phi) is 8.56. The monoisotopic (exact) mass is 612 g/mol. The zero-order valence-electron chi connectivity index (χ0n) is 23.8. The molecule has 0 unspecified atom stereocenters. The smallest absolute Gasteiger partial charge is 0.237 e. The average molecular weight is 613 g/mol. The number of alkyl halides is 1. The van der Waals surface area contributed by atoms with E-state index in [9.17, 15) is 12.8 Å². The third-order valence-electron chi connectivity index (χ3n) is 6.90. The summed E-state index contributed by atoms with van der Waals surface area (Å²) in [7, 11) is -4.05. The highest BCUT2D eigenvalue weighted by Gasteiger charge is 2.32. The first kappa shape index (κ1) is 30.2. The SMILES string of the molecule is Cc1ccc(CS(=O)(=O)Nc2c(C)cc(Oc3ncccc3-c3ccnc(N[C@@H]4CNC[C@@](C)(F)C4)n3)c(F)c2F)cc1. The number of piperidine rings is 1. The van der Waals surface area contributed by atoms with Crippen LogP contribution >= 0.6 is 0 Å². The number of halogens is 3. The second-order valence-corrected chi connectivity index (χ2v) is 12.6. The molecule has 2 aromatic carbocycles. The predicted molar refractivity (Wildman–Crippen MR) is 158 cm³/mol. The molecule has 226 valence electrons. The summed E-state index contributed by atoms with van der Waals surface area (Å²) in [5.41, 5.74) is 0.435. The van der Waals surface area contributed by atoms with Gasteiger partial charge in [-0.2, -0.15) is 4.39 Å². The molecule has 4 aromatic rings. The Morgan fingerprint density at radius 2 is 1.84 bits per heavy atom. The van der Waals surface area contributed by atoms with Crippen molar-refractivity contribution >= 4 is 21.7 Å². The molecule has 43 heavy (non-hydrogen) atoms. The molecular weight excluding hydrogens is 581 g/mol. The molecule has 2 atom stereocenters. The topological polar surface area (TPSA) is 118 Å². The minimum atomic E-state index is -4.05. The molecule has 1 saturated heterocycles. The molecule has 13 heteroatoms. The maximum atomic E-state index is 15.3. The van der Waals surface area contributed by atoms with Gasteiger partial charge in [-0.25, -0.2) is 32.2 Å². The van der Waals surface area contributed by atoms with Crippen LogP contribution in [0.15, 0.2) is 60.9 Å². The van der Waals surface area contributed by atoms with Crippen molar-refractivity contribution in [1.82, 2.24) is 20.3 Å². The third kappa shape index (κ3) is 7.41. The van der Waals surface area contributed by atoms with E-state index in [-0.39, 0.29) is 36.4 Å². The molecule has 0 radical (unpaired) electrons. The lowest BCUT2D eigenvalue weighted by Crippen LogP contribution is -2.50. The van der Waals surface area contributed by atoms with E-state index in [0.717, 1.165) is 5.56 Å². The van der Waals surface area contributed by atoms with E-state index in [2.05, 4.69) is 30.3 Å². The summed E-state index contributed by atoms with van der Waals surface area (Å²) >= 11 is 0. The van der Waals surface area contributed by atoms with Crippen molar-refractivity contribution < 1.29 is 26.3 Å². The summed E-state index contributed by atoms with van der Waals surface area (Å²) in [6.07, 6.45) is 3.20. The van der Waals surface area contributed by atoms with E-state index < -0.39 is 44.5 Å². The van der Waals surface area contributed by atoms with Gasteiger partial charge in [-0.05, 0) is 56.2 Å². The Morgan fingerprint density at radius 3 is 2.58 bits per heavy atom. The van der Waals surface area contributed by atoms with Crippen LogP contribution in [0.4, 0.5) is 24.8 Å². The van der Waals surface area contributed by atoms with Gasteiger partial charge in [0.25, 0.3) is 0 Å². The number of nitrogens with zero attached hydrogens (tertiary/aromatic N) is 3. The molecule has 0 saturated carbocycles. The van der Waals surface area contributed by atoms with Crippen LogP contribution < -0.4 is 20.1 Å². The number of aromatic nitrogens is 3. The lowest BCUT2D eigenvalue weighted by Gasteiger charge is -2.33. The number of benzene rings is 2. The molecule has 5 rings (SSSR count). The van der Waals surface area contributed by atoms with Gasteiger partial charge in [-0.3, -0.25) is 4.72 Å². The summed E-state index contributed by atoms with van der Waals surface area (Å²) in [6, 6.07) is 12.7. The van der Waals surface area contributed by atoms with Crippen LogP contribution in [0.5, 0.6) is 11.6 Å². The number of hydrogen-bond acceptors (Lipinski definition) is 8. The Labute approximate surface area is 248 Å². The van der Waals surface area contributed by atoms with E-state index in [1.165, 1.54) is 32.3 Å². The van der Waals surface area contributed by atoms with Crippen LogP contribution in [0.2, 0.25) is 0 Å². The van der Waals surface area contributed by atoms with Crippen molar-refractivity contribution in [2.24, 2.45) is 0 Å². The Hall–Kier alpha value is -4.23. The summed E-state index contributed by atoms with van der Waals surface area (Å²) in [5.74, 6) is -3.50. The lowest BCUT2D eigenvalue weighted by molar-refractivity contribution is 0.137. The van der Waals surface area contributed by atoms with Crippen molar-refractivity contribution in [1.29, 1.82) is 0 Å². The van der Waals surface area contributed by atoms with Gasteiger partial charge < -0.3 is 15.4 Å². The largest absolute Gasteiger partial charge is 0.435 e. The van der Waals surface area contributed by atoms with Gasteiger partial charge in [-0.15, -0.1) is 0 Å². The highest BCUT2D eigenvalue weighted by atomic mass is 32.2. The fourth-order valence-corrected chi connectivity index (χ4v) is 6.08. The van der Waals surface area contributed by atoms with Crippen LogP contribution in [0.1, 0.15) is 30.0 Å². The minimum absolute atomic E-state index is 0.0618. The molecule has 0 amide bonds. The summed E-state index contributed by atoms with van der Waals surface area (Å²) in [6.45, 7) is 5.64. The van der Waals surface area contributed by atoms with E-state index >= 15 is 8.78 Å². The van der Waals surface area contributed by atoms with Crippen LogP contribution in [-0.4, -0.2) is 48.2 Å². The number of anilines is 2. The fourth-order valence-electron chi connectivity index (χ4n) is 4.82. The number of sulfonamides is 1. The second-order valence-electron chi connectivity index (χ2n) is 10.9. The quantitative estimate of drug-likeness (QED) is 0.221. The normalized spacial score (nSPS) is 18.7. The van der Waals surface area contributed by atoms with Crippen molar-refractivity contribution in [3.05, 3.63) is 89.2 Å². The first-order valence-corrected chi connectivity index (χ1v) is 15.2. The van der Waals surface area contributed by atoms with Gasteiger partial charge in [0.05, 0.1) is 22.7 Å². The zero-order valence-corrected chi connectivity index (χ0v) is 24.6. The maximum Gasteiger partial charge on any atom is 0.237 e.